The lowest BCUT2D eigenvalue weighted by Crippen LogP contribution is -2.18. The largest absolute Gasteiger partial charge is 0.381 e. The van der Waals surface area contributed by atoms with E-state index in [-0.39, 0.29) is 0 Å². The number of hydrogen-bond acceptors (Lipinski definition) is 2. The van der Waals surface area contributed by atoms with E-state index < -0.39 is 0 Å². The molecule has 14 heavy (non-hydrogen) atoms. The first-order valence-electron chi connectivity index (χ1n) is 5.78. The normalized spacial score (nSPS) is 36.5. The number of nitrogens with two attached hydrogens (primary N) is 1. The molecule has 1 saturated carbocycles. The molecule has 3 unspecified atom stereocenters. The summed E-state index contributed by atoms with van der Waals surface area (Å²) in [5.74, 6) is 2.75. The number of rotatable bonds is 3. The quantitative estimate of drug-likeness (QED) is 0.742. The molecule has 0 saturated heterocycles. The Kier molecular flexibility index (Phi) is 2.82. The van der Waals surface area contributed by atoms with E-state index in [2.05, 4.69) is 25.1 Å². The van der Waals surface area contributed by atoms with Crippen LogP contribution in [0.25, 0.3) is 0 Å². The molecule has 2 rings (SSSR count). The Balaban J connectivity index is 1.84. The fraction of sp³-hybridized carbons (Fsp3) is 0.833. The van der Waals surface area contributed by atoms with Crippen molar-refractivity contribution in [2.75, 3.05) is 20.6 Å². The third-order valence-electron chi connectivity index (χ3n) is 3.89. The highest BCUT2D eigenvalue weighted by molar-refractivity contribution is 5.07. The second-order valence-corrected chi connectivity index (χ2v) is 5.02. The Morgan fingerprint density at radius 2 is 2.29 bits per heavy atom. The van der Waals surface area contributed by atoms with Gasteiger partial charge in [0.1, 0.15) is 0 Å². The highest BCUT2D eigenvalue weighted by Crippen LogP contribution is 2.48. The van der Waals surface area contributed by atoms with E-state index in [9.17, 15) is 0 Å². The van der Waals surface area contributed by atoms with E-state index in [1.165, 1.54) is 31.4 Å². The minimum Gasteiger partial charge on any atom is -0.381 e. The van der Waals surface area contributed by atoms with E-state index >= 15 is 0 Å². The van der Waals surface area contributed by atoms with Gasteiger partial charge in [0.15, 0.2) is 0 Å². The Morgan fingerprint density at radius 3 is 2.71 bits per heavy atom. The number of allylic oxidation sites excluding steroid dienone is 2. The van der Waals surface area contributed by atoms with E-state index in [0.717, 1.165) is 24.3 Å². The van der Waals surface area contributed by atoms with E-state index in [1.807, 2.05) is 0 Å². The standard InChI is InChI=1S/C12H22N2/c1-14(2)11-5-3-9(4-6-11)12-7-10(12)8-13/h5,9-10,12H,3-4,6-8,13H2,1-2H3. The Bertz CT molecular complexity index is 232. The summed E-state index contributed by atoms with van der Waals surface area (Å²) in [7, 11) is 4.29. The van der Waals surface area contributed by atoms with Gasteiger partial charge in [-0.15, -0.1) is 0 Å². The monoisotopic (exact) mass is 194 g/mol. The summed E-state index contributed by atoms with van der Waals surface area (Å²) in [4.78, 5) is 2.25. The molecule has 2 nitrogen and oxygen atoms in total. The average molecular weight is 194 g/mol. The zero-order valence-corrected chi connectivity index (χ0v) is 9.37. The van der Waals surface area contributed by atoms with Crippen molar-refractivity contribution in [1.29, 1.82) is 0 Å². The molecule has 1 fully saturated rings. The lowest BCUT2D eigenvalue weighted by molar-refractivity contribution is 0.358. The van der Waals surface area contributed by atoms with Crippen molar-refractivity contribution in [2.45, 2.75) is 25.7 Å². The van der Waals surface area contributed by atoms with Gasteiger partial charge in [-0.1, -0.05) is 6.08 Å². The van der Waals surface area contributed by atoms with Gasteiger partial charge in [-0.3, -0.25) is 0 Å². The van der Waals surface area contributed by atoms with Crippen molar-refractivity contribution in [3.05, 3.63) is 11.8 Å². The fourth-order valence-electron chi connectivity index (χ4n) is 2.76. The molecule has 80 valence electrons. The average Bonchev–Trinajstić information content (AvgIpc) is 2.97. The second-order valence-electron chi connectivity index (χ2n) is 5.02. The summed E-state index contributed by atoms with van der Waals surface area (Å²) >= 11 is 0. The van der Waals surface area contributed by atoms with Crippen molar-refractivity contribution in [2.24, 2.45) is 23.5 Å². The molecule has 0 aromatic rings. The zero-order valence-electron chi connectivity index (χ0n) is 9.37. The van der Waals surface area contributed by atoms with E-state index in [0.29, 0.717) is 0 Å². The maximum absolute atomic E-state index is 5.68. The highest BCUT2D eigenvalue weighted by Gasteiger charge is 2.41. The molecule has 2 aliphatic rings. The topological polar surface area (TPSA) is 29.3 Å². The summed E-state index contributed by atoms with van der Waals surface area (Å²) < 4.78 is 0. The Labute approximate surface area is 87.2 Å². The first kappa shape index (κ1) is 10.0. The second kappa shape index (κ2) is 3.93. The van der Waals surface area contributed by atoms with Crippen LogP contribution in [0.1, 0.15) is 25.7 Å². The maximum atomic E-state index is 5.68. The molecule has 0 spiro atoms. The third-order valence-corrected chi connectivity index (χ3v) is 3.89. The van der Waals surface area contributed by atoms with E-state index in [1.54, 1.807) is 0 Å². The van der Waals surface area contributed by atoms with Gasteiger partial charge in [0, 0.05) is 19.8 Å². The van der Waals surface area contributed by atoms with Crippen molar-refractivity contribution in [1.82, 2.24) is 4.90 Å². The molecule has 2 aliphatic carbocycles. The van der Waals surface area contributed by atoms with Gasteiger partial charge in [-0.25, -0.2) is 0 Å². The molecule has 2 heteroatoms. The molecule has 0 aromatic carbocycles. The van der Waals surface area contributed by atoms with Crippen molar-refractivity contribution < 1.29 is 0 Å². The van der Waals surface area contributed by atoms with Crippen LogP contribution in [-0.4, -0.2) is 25.5 Å². The van der Waals surface area contributed by atoms with Gasteiger partial charge in [0.05, 0.1) is 0 Å². The van der Waals surface area contributed by atoms with Crippen LogP contribution >= 0.6 is 0 Å². The molecule has 0 heterocycles. The molecule has 3 atom stereocenters. The summed E-state index contributed by atoms with van der Waals surface area (Å²) in [5, 5.41) is 0. The van der Waals surface area contributed by atoms with Crippen molar-refractivity contribution in [3.63, 3.8) is 0 Å². The van der Waals surface area contributed by atoms with Gasteiger partial charge >= 0.3 is 0 Å². The molecule has 0 amide bonds. The Hall–Kier alpha value is -0.500. The molecule has 0 bridgehead atoms. The molecule has 2 N–H and O–H groups in total. The van der Waals surface area contributed by atoms with Crippen LogP contribution in [0.2, 0.25) is 0 Å². The highest BCUT2D eigenvalue weighted by atomic mass is 15.1. The summed E-state index contributed by atoms with van der Waals surface area (Å²) in [6, 6.07) is 0. The molecular weight excluding hydrogens is 172 g/mol. The van der Waals surface area contributed by atoms with Gasteiger partial charge in [-0.2, -0.15) is 0 Å². The van der Waals surface area contributed by atoms with Crippen LogP contribution in [-0.2, 0) is 0 Å². The third kappa shape index (κ3) is 1.95. The predicted octanol–water partition coefficient (Wildman–Crippen LogP) is 1.83. The zero-order chi connectivity index (χ0) is 10.1. The Morgan fingerprint density at radius 1 is 1.50 bits per heavy atom. The van der Waals surface area contributed by atoms with Gasteiger partial charge in [0.2, 0.25) is 0 Å². The number of hydrogen-bond donors (Lipinski definition) is 1. The van der Waals surface area contributed by atoms with Crippen LogP contribution in [0.5, 0.6) is 0 Å². The van der Waals surface area contributed by atoms with Crippen LogP contribution < -0.4 is 5.73 Å². The van der Waals surface area contributed by atoms with Crippen LogP contribution in [0, 0.1) is 17.8 Å². The van der Waals surface area contributed by atoms with Gasteiger partial charge in [-0.05, 0) is 50.0 Å². The predicted molar refractivity (Wildman–Crippen MR) is 59.8 cm³/mol. The van der Waals surface area contributed by atoms with Crippen LogP contribution in [0.3, 0.4) is 0 Å². The van der Waals surface area contributed by atoms with Crippen LogP contribution in [0.4, 0.5) is 0 Å². The van der Waals surface area contributed by atoms with Crippen LogP contribution in [0.15, 0.2) is 11.8 Å². The molecule has 0 aromatic heterocycles. The first-order chi connectivity index (χ1) is 6.72. The van der Waals surface area contributed by atoms with Crippen molar-refractivity contribution in [3.8, 4) is 0 Å². The SMILES string of the molecule is CN(C)C1=CCC(C2CC2CN)CC1. The smallest absolute Gasteiger partial charge is 0.00871 e. The molecular formula is C12H22N2. The lowest BCUT2D eigenvalue weighted by Gasteiger charge is -2.26. The van der Waals surface area contributed by atoms with Gasteiger partial charge in [0.25, 0.3) is 0 Å². The maximum Gasteiger partial charge on any atom is 0.00871 e. The minimum absolute atomic E-state index is 0.856. The molecule has 0 aliphatic heterocycles. The number of nitrogens with zero attached hydrogens (tertiary/aromatic N) is 1. The minimum atomic E-state index is 0.856. The summed E-state index contributed by atoms with van der Waals surface area (Å²) in [6.07, 6.45) is 7.76. The van der Waals surface area contributed by atoms with Gasteiger partial charge < -0.3 is 10.6 Å². The van der Waals surface area contributed by atoms with Crippen molar-refractivity contribution >= 4 is 0 Å². The van der Waals surface area contributed by atoms with E-state index in [4.69, 9.17) is 5.73 Å². The first-order valence-corrected chi connectivity index (χ1v) is 5.78. The lowest BCUT2D eigenvalue weighted by atomic mass is 9.87. The summed E-state index contributed by atoms with van der Waals surface area (Å²) in [6.45, 7) is 0.908. The molecule has 0 radical (unpaired) electrons. The summed E-state index contributed by atoms with van der Waals surface area (Å²) in [5.41, 5.74) is 7.20. The fourth-order valence-corrected chi connectivity index (χ4v) is 2.76.